The van der Waals surface area contributed by atoms with Gasteiger partial charge in [-0.15, -0.1) is 0 Å². The van der Waals surface area contributed by atoms with E-state index in [-0.39, 0.29) is 34.5 Å². The van der Waals surface area contributed by atoms with E-state index >= 15 is 0 Å². The Hall–Kier alpha value is -1.71. The summed E-state index contributed by atoms with van der Waals surface area (Å²) >= 11 is 0. The predicted octanol–water partition coefficient (Wildman–Crippen LogP) is 0.775. The van der Waals surface area contributed by atoms with E-state index in [1.807, 2.05) is 0 Å². The lowest BCUT2D eigenvalue weighted by Gasteiger charge is -2.20. The monoisotopic (exact) mass is 313 g/mol. The van der Waals surface area contributed by atoms with Gasteiger partial charge in [-0.1, -0.05) is 0 Å². The van der Waals surface area contributed by atoms with Gasteiger partial charge in [-0.2, -0.15) is 0 Å². The molecule has 3 atom stereocenters. The predicted molar refractivity (Wildman–Crippen MR) is 74.1 cm³/mol. The highest BCUT2D eigenvalue weighted by atomic mass is 32.2. The quantitative estimate of drug-likeness (QED) is 0.480. The van der Waals surface area contributed by atoms with Crippen LogP contribution in [0.5, 0.6) is 0 Å². The fourth-order valence-electron chi connectivity index (χ4n) is 2.92. The van der Waals surface area contributed by atoms with Crippen molar-refractivity contribution in [3.63, 3.8) is 0 Å². The van der Waals surface area contributed by atoms with E-state index in [0.717, 1.165) is 31.0 Å². The molecule has 0 aliphatic carbocycles. The Kier molecular flexibility index (Phi) is 3.34. The van der Waals surface area contributed by atoms with E-state index in [2.05, 4.69) is 4.72 Å². The Bertz CT molecular complexity index is 690. The number of nitrogens with two attached hydrogens (primary N) is 1. The number of fused-ring (bicyclic) bond motifs is 2. The molecule has 2 heterocycles. The number of nitrogens with one attached hydrogen (secondary N) is 1. The van der Waals surface area contributed by atoms with Crippen LogP contribution in [0.25, 0.3) is 0 Å². The van der Waals surface area contributed by atoms with Crippen LogP contribution in [0.1, 0.15) is 19.3 Å². The number of nitrogen functional groups attached to an aromatic ring is 1. The molecule has 0 spiro atoms. The summed E-state index contributed by atoms with van der Waals surface area (Å²) in [5.74, 6) is 0. The molecule has 2 saturated heterocycles. The summed E-state index contributed by atoms with van der Waals surface area (Å²) in [5.41, 5.74) is 5.26. The Balaban J connectivity index is 1.83. The van der Waals surface area contributed by atoms with Crippen LogP contribution in [0.2, 0.25) is 0 Å². The molecule has 114 valence electrons. The fourth-order valence-corrected chi connectivity index (χ4v) is 4.31. The smallest absolute Gasteiger partial charge is 0.271 e. The molecule has 3 rings (SSSR count). The molecule has 0 aromatic heterocycles. The average molecular weight is 313 g/mol. The van der Waals surface area contributed by atoms with E-state index in [4.69, 9.17) is 10.5 Å². The van der Waals surface area contributed by atoms with Crippen LogP contribution in [0.4, 0.5) is 11.4 Å². The van der Waals surface area contributed by atoms with Crippen LogP contribution < -0.4 is 10.5 Å². The molecule has 9 heteroatoms. The number of hydrogen-bond acceptors (Lipinski definition) is 6. The first-order valence-corrected chi connectivity index (χ1v) is 8.07. The minimum Gasteiger partial charge on any atom is -0.397 e. The molecule has 0 radical (unpaired) electrons. The molecule has 21 heavy (non-hydrogen) atoms. The third-order valence-electron chi connectivity index (χ3n) is 3.91. The van der Waals surface area contributed by atoms with Gasteiger partial charge in [0.1, 0.15) is 4.90 Å². The summed E-state index contributed by atoms with van der Waals surface area (Å²) in [6, 6.07) is 3.07. The van der Waals surface area contributed by atoms with Crippen molar-refractivity contribution in [1.29, 1.82) is 0 Å². The lowest BCUT2D eigenvalue weighted by atomic mass is 9.96. The zero-order valence-corrected chi connectivity index (χ0v) is 11.9. The molecule has 1 aromatic carbocycles. The largest absolute Gasteiger partial charge is 0.397 e. The van der Waals surface area contributed by atoms with E-state index in [1.165, 1.54) is 0 Å². The number of nitro benzene ring substituents is 1. The number of ether oxygens (including phenoxy) is 1. The topological polar surface area (TPSA) is 125 Å². The van der Waals surface area contributed by atoms with Crippen LogP contribution in [-0.4, -0.2) is 31.6 Å². The molecule has 0 amide bonds. The van der Waals surface area contributed by atoms with Crippen molar-refractivity contribution in [2.24, 2.45) is 0 Å². The number of anilines is 1. The van der Waals surface area contributed by atoms with Gasteiger partial charge in [0.05, 0.1) is 28.9 Å². The SMILES string of the molecule is Nc1cc([N+](=O)[O-])ccc1S(=O)(=O)NC1CC2CCC1O2. The highest BCUT2D eigenvalue weighted by Gasteiger charge is 2.42. The molecule has 2 aliphatic heterocycles. The lowest BCUT2D eigenvalue weighted by Crippen LogP contribution is -2.41. The van der Waals surface area contributed by atoms with Gasteiger partial charge in [-0.3, -0.25) is 10.1 Å². The Labute approximate surface area is 121 Å². The fraction of sp³-hybridized carbons (Fsp3) is 0.500. The van der Waals surface area contributed by atoms with Crippen molar-refractivity contribution in [1.82, 2.24) is 4.72 Å². The summed E-state index contributed by atoms with van der Waals surface area (Å²) < 4.78 is 32.9. The number of nitro groups is 1. The maximum absolute atomic E-state index is 12.3. The van der Waals surface area contributed by atoms with Crippen LogP contribution >= 0.6 is 0 Å². The third kappa shape index (κ3) is 2.59. The van der Waals surface area contributed by atoms with Gasteiger partial charge in [-0.05, 0) is 25.3 Å². The van der Waals surface area contributed by atoms with E-state index in [0.29, 0.717) is 6.42 Å². The highest BCUT2D eigenvalue weighted by molar-refractivity contribution is 7.89. The Morgan fingerprint density at radius 1 is 1.38 bits per heavy atom. The summed E-state index contributed by atoms with van der Waals surface area (Å²) in [5, 5.41) is 10.6. The van der Waals surface area contributed by atoms with Crippen molar-refractivity contribution >= 4 is 21.4 Å². The molecule has 3 N–H and O–H groups in total. The summed E-state index contributed by atoms with van der Waals surface area (Å²) in [4.78, 5) is 9.88. The van der Waals surface area contributed by atoms with E-state index in [9.17, 15) is 18.5 Å². The first kappa shape index (κ1) is 14.2. The first-order chi connectivity index (χ1) is 9.87. The number of sulfonamides is 1. The highest BCUT2D eigenvalue weighted by Crippen LogP contribution is 2.35. The number of rotatable bonds is 4. The van der Waals surface area contributed by atoms with Crippen molar-refractivity contribution in [3.05, 3.63) is 28.3 Å². The molecule has 2 fully saturated rings. The average Bonchev–Trinajstić information content (AvgIpc) is 2.99. The maximum Gasteiger partial charge on any atom is 0.271 e. The first-order valence-electron chi connectivity index (χ1n) is 6.58. The van der Waals surface area contributed by atoms with Gasteiger partial charge in [0.15, 0.2) is 0 Å². The minimum atomic E-state index is -3.82. The standard InChI is InChI=1S/C12H15N3O5S/c13-9-5-7(15(16)17)1-4-12(9)21(18,19)14-10-6-8-2-3-11(10)20-8/h1,4-5,8,10-11,14H,2-3,6,13H2. The summed E-state index contributed by atoms with van der Waals surface area (Å²) in [6.07, 6.45) is 2.48. The molecule has 3 unspecified atom stereocenters. The van der Waals surface area contributed by atoms with Crippen LogP contribution in [0, 0.1) is 10.1 Å². The third-order valence-corrected chi connectivity index (χ3v) is 5.47. The number of non-ortho nitro benzene ring substituents is 1. The van der Waals surface area contributed by atoms with E-state index in [1.54, 1.807) is 0 Å². The van der Waals surface area contributed by atoms with Gasteiger partial charge in [-0.25, -0.2) is 13.1 Å². The molecule has 8 nitrogen and oxygen atoms in total. The number of hydrogen-bond donors (Lipinski definition) is 2. The molecule has 2 bridgehead atoms. The van der Waals surface area contributed by atoms with Crippen LogP contribution in [0.3, 0.4) is 0 Å². The van der Waals surface area contributed by atoms with E-state index < -0.39 is 14.9 Å². The second-order valence-electron chi connectivity index (χ2n) is 5.32. The maximum atomic E-state index is 12.3. The number of nitrogens with zero attached hydrogens (tertiary/aromatic N) is 1. The zero-order valence-electron chi connectivity index (χ0n) is 11.1. The zero-order chi connectivity index (χ0) is 15.2. The van der Waals surface area contributed by atoms with Crippen LogP contribution in [0.15, 0.2) is 23.1 Å². The van der Waals surface area contributed by atoms with Gasteiger partial charge >= 0.3 is 0 Å². The minimum absolute atomic E-state index is 0.0935. The second-order valence-corrected chi connectivity index (χ2v) is 7.00. The van der Waals surface area contributed by atoms with Crippen molar-refractivity contribution < 1.29 is 18.1 Å². The van der Waals surface area contributed by atoms with Crippen molar-refractivity contribution in [2.75, 3.05) is 5.73 Å². The Morgan fingerprint density at radius 2 is 2.14 bits per heavy atom. The van der Waals surface area contributed by atoms with Crippen LogP contribution in [-0.2, 0) is 14.8 Å². The lowest BCUT2D eigenvalue weighted by molar-refractivity contribution is -0.384. The van der Waals surface area contributed by atoms with Gasteiger partial charge in [0.2, 0.25) is 10.0 Å². The van der Waals surface area contributed by atoms with Gasteiger partial charge < -0.3 is 10.5 Å². The van der Waals surface area contributed by atoms with Crippen molar-refractivity contribution in [3.8, 4) is 0 Å². The van der Waals surface area contributed by atoms with Gasteiger partial charge in [0.25, 0.3) is 5.69 Å². The number of benzene rings is 1. The molecular formula is C12H15N3O5S. The summed E-state index contributed by atoms with van der Waals surface area (Å²) in [7, 11) is -3.82. The van der Waals surface area contributed by atoms with Crippen molar-refractivity contribution in [2.45, 2.75) is 42.4 Å². The normalized spacial score (nSPS) is 27.9. The summed E-state index contributed by atoms with van der Waals surface area (Å²) in [6.45, 7) is 0. The molecule has 0 saturated carbocycles. The van der Waals surface area contributed by atoms with Gasteiger partial charge in [0, 0.05) is 12.1 Å². The molecular weight excluding hydrogens is 298 g/mol. The second kappa shape index (κ2) is 4.93. The molecule has 2 aliphatic rings. The Morgan fingerprint density at radius 3 is 2.67 bits per heavy atom. The molecule has 1 aromatic rings.